The van der Waals surface area contributed by atoms with Crippen LogP contribution in [-0.4, -0.2) is 34.3 Å². The SMILES string of the molecule is C[C@@H]1CN(C)[C@@H](C)C[C@H]1n1[nH]c(=O)cc1N. The highest BCUT2D eigenvalue weighted by Gasteiger charge is 2.31. The molecule has 5 heteroatoms. The van der Waals surface area contributed by atoms with Crippen LogP contribution in [0.4, 0.5) is 5.82 Å². The number of aromatic amines is 1. The number of nitrogen functional groups attached to an aromatic ring is 1. The van der Waals surface area contributed by atoms with E-state index in [9.17, 15) is 4.79 Å². The van der Waals surface area contributed by atoms with Gasteiger partial charge < -0.3 is 10.6 Å². The largest absolute Gasteiger partial charge is 0.384 e. The average Bonchev–Trinajstić information content (AvgIpc) is 2.51. The van der Waals surface area contributed by atoms with Crippen LogP contribution in [0.1, 0.15) is 26.3 Å². The highest BCUT2D eigenvalue weighted by atomic mass is 16.1. The number of hydrogen-bond donors (Lipinski definition) is 2. The lowest BCUT2D eigenvalue weighted by atomic mass is 9.90. The summed E-state index contributed by atoms with van der Waals surface area (Å²) in [6.07, 6.45) is 1.02. The van der Waals surface area contributed by atoms with Gasteiger partial charge in [-0.05, 0) is 26.3 Å². The summed E-state index contributed by atoms with van der Waals surface area (Å²) in [5, 5.41) is 2.80. The third-order valence-corrected chi connectivity index (χ3v) is 3.69. The van der Waals surface area contributed by atoms with E-state index in [1.54, 1.807) is 0 Å². The van der Waals surface area contributed by atoms with E-state index >= 15 is 0 Å². The Bertz CT molecular complexity index is 422. The summed E-state index contributed by atoms with van der Waals surface area (Å²) in [4.78, 5) is 13.6. The molecule has 16 heavy (non-hydrogen) atoms. The second kappa shape index (κ2) is 3.97. The Labute approximate surface area is 95.2 Å². The minimum atomic E-state index is -0.115. The Hall–Kier alpha value is -1.23. The molecule has 0 unspecified atom stereocenters. The Morgan fingerprint density at radius 2 is 2.19 bits per heavy atom. The number of aromatic nitrogens is 2. The molecule has 2 heterocycles. The molecule has 0 aliphatic carbocycles. The number of nitrogens with zero attached hydrogens (tertiary/aromatic N) is 2. The zero-order valence-corrected chi connectivity index (χ0v) is 10.1. The lowest BCUT2D eigenvalue weighted by Crippen LogP contribution is -2.44. The van der Waals surface area contributed by atoms with Crippen LogP contribution in [0.3, 0.4) is 0 Å². The van der Waals surface area contributed by atoms with Crippen molar-refractivity contribution in [2.75, 3.05) is 19.3 Å². The molecule has 0 amide bonds. The van der Waals surface area contributed by atoms with Gasteiger partial charge in [0, 0.05) is 18.7 Å². The Balaban J connectivity index is 2.27. The minimum Gasteiger partial charge on any atom is -0.384 e. The van der Waals surface area contributed by atoms with Crippen molar-refractivity contribution in [2.24, 2.45) is 5.92 Å². The van der Waals surface area contributed by atoms with Crippen LogP contribution < -0.4 is 11.3 Å². The summed E-state index contributed by atoms with van der Waals surface area (Å²) in [5.74, 6) is 1.03. The van der Waals surface area contributed by atoms with Crippen LogP contribution >= 0.6 is 0 Å². The van der Waals surface area contributed by atoms with Gasteiger partial charge in [-0.25, -0.2) is 0 Å². The van der Waals surface area contributed by atoms with Crippen molar-refractivity contribution >= 4 is 5.82 Å². The Morgan fingerprint density at radius 1 is 1.50 bits per heavy atom. The van der Waals surface area contributed by atoms with E-state index in [0.29, 0.717) is 23.8 Å². The second-order valence-electron chi connectivity index (χ2n) is 4.98. The maximum Gasteiger partial charge on any atom is 0.266 e. The Morgan fingerprint density at radius 3 is 2.75 bits per heavy atom. The molecule has 0 spiro atoms. The van der Waals surface area contributed by atoms with Gasteiger partial charge >= 0.3 is 0 Å². The molecular formula is C11H20N4O. The first-order valence-electron chi connectivity index (χ1n) is 5.76. The summed E-state index contributed by atoms with van der Waals surface area (Å²) < 4.78 is 1.83. The molecule has 0 aromatic carbocycles. The van der Waals surface area contributed by atoms with Crippen molar-refractivity contribution in [1.82, 2.24) is 14.7 Å². The number of anilines is 1. The molecule has 1 aromatic rings. The summed E-state index contributed by atoms with van der Waals surface area (Å²) in [7, 11) is 2.14. The summed E-state index contributed by atoms with van der Waals surface area (Å²) in [5.41, 5.74) is 5.72. The van der Waals surface area contributed by atoms with Gasteiger partial charge in [-0.15, -0.1) is 0 Å². The fourth-order valence-electron chi connectivity index (χ4n) is 2.57. The van der Waals surface area contributed by atoms with E-state index in [4.69, 9.17) is 5.73 Å². The first-order chi connectivity index (χ1) is 7.49. The maximum absolute atomic E-state index is 11.2. The fourth-order valence-corrected chi connectivity index (χ4v) is 2.57. The molecule has 0 bridgehead atoms. The average molecular weight is 224 g/mol. The molecule has 5 nitrogen and oxygen atoms in total. The number of nitrogens with one attached hydrogen (secondary N) is 1. The van der Waals surface area contributed by atoms with Crippen LogP contribution in [0, 0.1) is 5.92 Å². The topological polar surface area (TPSA) is 67.0 Å². The van der Waals surface area contributed by atoms with Crippen molar-refractivity contribution in [2.45, 2.75) is 32.4 Å². The van der Waals surface area contributed by atoms with Gasteiger partial charge in [0.25, 0.3) is 5.56 Å². The molecule has 1 aliphatic rings. The highest BCUT2D eigenvalue weighted by Crippen LogP contribution is 2.31. The van der Waals surface area contributed by atoms with Crippen LogP contribution in [0.5, 0.6) is 0 Å². The summed E-state index contributed by atoms with van der Waals surface area (Å²) >= 11 is 0. The smallest absolute Gasteiger partial charge is 0.266 e. The minimum absolute atomic E-state index is 0.115. The van der Waals surface area contributed by atoms with Crippen LogP contribution in [0.25, 0.3) is 0 Å². The number of rotatable bonds is 1. The lowest BCUT2D eigenvalue weighted by molar-refractivity contribution is 0.102. The summed E-state index contributed by atoms with van der Waals surface area (Å²) in [6, 6.07) is 2.27. The predicted molar refractivity (Wildman–Crippen MR) is 64.4 cm³/mol. The normalized spacial score (nSPS) is 31.8. The number of piperidine rings is 1. The monoisotopic (exact) mass is 224 g/mol. The Kier molecular flexibility index (Phi) is 2.80. The zero-order valence-electron chi connectivity index (χ0n) is 10.1. The van der Waals surface area contributed by atoms with Gasteiger partial charge in [-0.3, -0.25) is 14.6 Å². The van der Waals surface area contributed by atoms with Crippen molar-refractivity contribution in [3.63, 3.8) is 0 Å². The van der Waals surface area contributed by atoms with Crippen molar-refractivity contribution < 1.29 is 0 Å². The van der Waals surface area contributed by atoms with Gasteiger partial charge in [0.05, 0.1) is 6.04 Å². The number of H-pyrrole nitrogens is 1. The lowest BCUT2D eigenvalue weighted by Gasteiger charge is -2.40. The third kappa shape index (κ3) is 1.87. The number of hydrogen-bond acceptors (Lipinski definition) is 3. The molecule has 3 N–H and O–H groups in total. The standard InChI is InChI=1S/C11H20N4O/c1-7-6-14(3)8(2)4-9(7)15-10(12)5-11(16)13-15/h5,7-9H,4,6,12H2,1-3H3,(H,13,16)/t7-,8+,9-/m1/s1. The molecule has 1 fully saturated rings. The first-order valence-corrected chi connectivity index (χ1v) is 5.76. The molecule has 2 rings (SSSR count). The quantitative estimate of drug-likeness (QED) is 0.736. The zero-order chi connectivity index (χ0) is 11.9. The van der Waals surface area contributed by atoms with E-state index in [1.165, 1.54) is 6.07 Å². The third-order valence-electron chi connectivity index (χ3n) is 3.69. The number of nitrogens with two attached hydrogens (primary N) is 1. The maximum atomic E-state index is 11.2. The molecular weight excluding hydrogens is 204 g/mol. The van der Waals surface area contributed by atoms with Gasteiger partial charge in [-0.2, -0.15) is 0 Å². The molecule has 0 saturated carbocycles. The van der Waals surface area contributed by atoms with Crippen LogP contribution in [-0.2, 0) is 0 Å². The fraction of sp³-hybridized carbons (Fsp3) is 0.727. The van der Waals surface area contributed by atoms with Crippen molar-refractivity contribution in [3.8, 4) is 0 Å². The van der Waals surface area contributed by atoms with Gasteiger partial charge in [0.2, 0.25) is 0 Å². The molecule has 1 aliphatic heterocycles. The van der Waals surface area contributed by atoms with E-state index in [1.807, 2.05) is 4.68 Å². The van der Waals surface area contributed by atoms with E-state index in [-0.39, 0.29) is 5.56 Å². The highest BCUT2D eigenvalue weighted by molar-refractivity contribution is 5.27. The predicted octanol–water partition coefficient (Wildman–Crippen LogP) is 0.660. The summed E-state index contributed by atoms with van der Waals surface area (Å²) in [6.45, 7) is 5.44. The molecule has 90 valence electrons. The molecule has 0 radical (unpaired) electrons. The van der Waals surface area contributed by atoms with Gasteiger partial charge in [0.15, 0.2) is 0 Å². The van der Waals surface area contributed by atoms with Crippen molar-refractivity contribution in [3.05, 3.63) is 16.4 Å². The van der Waals surface area contributed by atoms with Crippen molar-refractivity contribution in [1.29, 1.82) is 0 Å². The van der Waals surface area contributed by atoms with Gasteiger partial charge in [0.1, 0.15) is 5.82 Å². The van der Waals surface area contributed by atoms with Crippen LogP contribution in [0.15, 0.2) is 10.9 Å². The first kappa shape index (κ1) is 11.3. The van der Waals surface area contributed by atoms with E-state index in [0.717, 1.165) is 13.0 Å². The van der Waals surface area contributed by atoms with Crippen LogP contribution in [0.2, 0.25) is 0 Å². The molecule has 1 aromatic heterocycles. The van der Waals surface area contributed by atoms with E-state index < -0.39 is 0 Å². The number of likely N-dealkylation sites (tertiary alicyclic amines) is 1. The van der Waals surface area contributed by atoms with E-state index in [2.05, 4.69) is 30.9 Å². The molecule has 3 atom stereocenters. The molecule has 1 saturated heterocycles. The second-order valence-corrected chi connectivity index (χ2v) is 4.98. The van der Waals surface area contributed by atoms with Gasteiger partial charge in [-0.1, -0.05) is 6.92 Å².